The normalized spacial score (nSPS) is 26.9. The van der Waals surface area contributed by atoms with E-state index in [9.17, 15) is 19.5 Å². The molecule has 24 heavy (non-hydrogen) atoms. The first kappa shape index (κ1) is 17.0. The van der Waals surface area contributed by atoms with Crippen molar-refractivity contribution in [1.29, 1.82) is 0 Å². The second-order valence-corrected chi connectivity index (χ2v) is 7.59. The molecule has 1 N–H and O–H groups in total. The van der Waals surface area contributed by atoms with Crippen LogP contribution in [-0.4, -0.2) is 47.4 Å². The van der Waals surface area contributed by atoms with E-state index >= 15 is 0 Å². The molecule has 6 nitrogen and oxygen atoms in total. The molecule has 2 amide bonds. The van der Waals surface area contributed by atoms with E-state index in [1.165, 1.54) is 0 Å². The molecule has 2 unspecified atom stereocenters. The standard InChI is InChI=1S/C17H19BrN2O4/c1-17(16(23)24)6-7-19(10-17)15(22)11-8-14(21)20(9-11)13-5-3-2-4-12(13)18/h2-5,11H,6-10H2,1H3,(H,23,24). The smallest absolute Gasteiger partial charge is 0.311 e. The van der Waals surface area contributed by atoms with Gasteiger partial charge in [-0.1, -0.05) is 12.1 Å². The van der Waals surface area contributed by atoms with Crippen LogP contribution in [0.1, 0.15) is 19.8 Å². The minimum absolute atomic E-state index is 0.0829. The van der Waals surface area contributed by atoms with E-state index in [1.807, 2.05) is 24.3 Å². The van der Waals surface area contributed by atoms with Crippen LogP contribution in [0.15, 0.2) is 28.7 Å². The lowest BCUT2D eigenvalue weighted by molar-refractivity contribution is -0.147. The van der Waals surface area contributed by atoms with E-state index in [4.69, 9.17) is 0 Å². The Morgan fingerprint density at radius 2 is 2.04 bits per heavy atom. The largest absolute Gasteiger partial charge is 0.481 e. The van der Waals surface area contributed by atoms with Gasteiger partial charge in [-0.15, -0.1) is 0 Å². The summed E-state index contributed by atoms with van der Waals surface area (Å²) >= 11 is 3.43. The predicted octanol–water partition coefficient (Wildman–Crippen LogP) is 2.13. The quantitative estimate of drug-likeness (QED) is 0.851. The van der Waals surface area contributed by atoms with Gasteiger partial charge in [0.05, 0.1) is 17.0 Å². The van der Waals surface area contributed by atoms with E-state index in [1.54, 1.807) is 16.7 Å². The Morgan fingerprint density at radius 3 is 2.67 bits per heavy atom. The molecule has 1 aromatic rings. The number of likely N-dealkylation sites (tertiary alicyclic amines) is 1. The van der Waals surface area contributed by atoms with Crippen molar-refractivity contribution >= 4 is 39.4 Å². The van der Waals surface area contributed by atoms with Crippen molar-refractivity contribution in [3.05, 3.63) is 28.7 Å². The average Bonchev–Trinajstić information content (AvgIpc) is 3.12. The Bertz CT molecular complexity index is 708. The molecule has 2 saturated heterocycles. The number of carboxylic acids is 1. The van der Waals surface area contributed by atoms with Crippen LogP contribution in [0.5, 0.6) is 0 Å². The summed E-state index contributed by atoms with van der Waals surface area (Å²) in [6.45, 7) is 2.64. The van der Waals surface area contributed by atoms with Crippen LogP contribution in [0.3, 0.4) is 0 Å². The predicted molar refractivity (Wildman–Crippen MR) is 91.5 cm³/mol. The van der Waals surface area contributed by atoms with Gasteiger partial charge in [-0.2, -0.15) is 0 Å². The van der Waals surface area contributed by atoms with Gasteiger partial charge in [0.25, 0.3) is 0 Å². The third-order valence-corrected chi connectivity index (χ3v) is 5.59. The monoisotopic (exact) mass is 394 g/mol. The first-order chi connectivity index (χ1) is 11.3. The van der Waals surface area contributed by atoms with Crippen molar-refractivity contribution in [3.63, 3.8) is 0 Å². The van der Waals surface area contributed by atoms with Crippen LogP contribution in [-0.2, 0) is 14.4 Å². The molecule has 3 rings (SSSR count). The van der Waals surface area contributed by atoms with Crippen LogP contribution >= 0.6 is 15.9 Å². The number of para-hydroxylation sites is 1. The highest BCUT2D eigenvalue weighted by molar-refractivity contribution is 9.10. The van der Waals surface area contributed by atoms with Crippen molar-refractivity contribution in [2.75, 3.05) is 24.5 Å². The second kappa shape index (κ2) is 6.20. The van der Waals surface area contributed by atoms with Crippen molar-refractivity contribution in [3.8, 4) is 0 Å². The number of carbonyl (C=O) groups is 3. The van der Waals surface area contributed by atoms with Crippen LogP contribution in [0.2, 0.25) is 0 Å². The molecule has 0 aliphatic carbocycles. The highest BCUT2D eigenvalue weighted by Gasteiger charge is 2.45. The first-order valence-corrected chi connectivity index (χ1v) is 8.68. The Morgan fingerprint density at radius 1 is 1.33 bits per heavy atom. The zero-order valence-electron chi connectivity index (χ0n) is 13.4. The Kier molecular flexibility index (Phi) is 4.38. The molecule has 2 aliphatic rings. The topological polar surface area (TPSA) is 77.9 Å². The molecule has 2 aliphatic heterocycles. The number of hydrogen-bond acceptors (Lipinski definition) is 3. The maximum atomic E-state index is 12.7. The Balaban J connectivity index is 1.71. The van der Waals surface area contributed by atoms with Crippen LogP contribution < -0.4 is 4.90 Å². The molecular weight excluding hydrogens is 376 g/mol. The minimum Gasteiger partial charge on any atom is -0.481 e. The van der Waals surface area contributed by atoms with Gasteiger partial charge in [0.15, 0.2) is 0 Å². The van der Waals surface area contributed by atoms with E-state index in [0.29, 0.717) is 19.5 Å². The number of benzene rings is 1. The summed E-state index contributed by atoms with van der Waals surface area (Å²) < 4.78 is 0.811. The fraction of sp³-hybridized carbons (Fsp3) is 0.471. The third kappa shape index (κ3) is 2.92. The summed E-state index contributed by atoms with van der Waals surface area (Å²) in [7, 11) is 0. The summed E-state index contributed by atoms with van der Waals surface area (Å²) in [6, 6.07) is 7.41. The number of amides is 2. The van der Waals surface area contributed by atoms with Gasteiger partial charge in [0, 0.05) is 30.5 Å². The van der Waals surface area contributed by atoms with Crippen molar-refractivity contribution in [1.82, 2.24) is 4.90 Å². The second-order valence-electron chi connectivity index (χ2n) is 6.73. The van der Waals surface area contributed by atoms with E-state index < -0.39 is 17.3 Å². The van der Waals surface area contributed by atoms with Gasteiger partial charge >= 0.3 is 5.97 Å². The molecule has 0 saturated carbocycles. The molecule has 0 radical (unpaired) electrons. The highest BCUT2D eigenvalue weighted by atomic mass is 79.9. The zero-order valence-corrected chi connectivity index (χ0v) is 15.0. The Labute approximate surface area is 148 Å². The lowest BCUT2D eigenvalue weighted by atomic mass is 9.90. The summed E-state index contributed by atoms with van der Waals surface area (Å²) in [5.74, 6) is -1.50. The molecular formula is C17H19BrN2O4. The van der Waals surface area contributed by atoms with E-state index in [-0.39, 0.29) is 24.8 Å². The molecule has 1 aromatic carbocycles. The lowest BCUT2D eigenvalue weighted by Gasteiger charge is -2.23. The van der Waals surface area contributed by atoms with E-state index in [0.717, 1.165) is 10.2 Å². The average molecular weight is 395 g/mol. The Hall–Kier alpha value is -1.89. The van der Waals surface area contributed by atoms with Crippen molar-refractivity contribution in [2.45, 2.75) is 19.8 Å². The summed E-state index contributed by atoms with van der Waals surface area (Å²) in [4.78, 5) is 39.6. The molecule has 2 heterocycles. The number of carboxylic acid groups (broad SMARTS) is 1. The number of rotatable bonds is 3. The van der Waals surface area contributed by atoms with Crippen LogP contribution in [0, 0.1) is 11.3 Å². The minimum atomic E-state index is -0.888. The first-order valence-electron chi connectivity index (χ1n) is 7.89. The highest BCUT2D eigenvalue weighted by Crippen LogP contribution is 2.35. The third-order valence-electron chi connectivity index (χ3n) is 4.92. The summed E-state index contributed by atoms with van der Waals surface area (Å²) in [6.07, 6.45) is 0.614. The number of anilines is 1. The van der Waals surface area contributed by atoms with E-state index in [2.05, 4.69) is 15.9 Å². The van der Waals surface area contributed by atoms with Crippen LogP contribution in [0.25, 0.3) is 0 Å². The molecule has 0 bridgehead atoms. The van der Waals surface area contributed by atoms with Gasteiger partial charge in [0.1, 0.15) is 0 Å². The number of aliphatic carboxylic acids is 1. The summed E-state index contributed by atoms with van der Waals surface area (Å²) in [5, 5.41) is 9.30. The number of halogens is 1. The van der Waals surface area contributed by atoms with Gasteiger partial charge in [-0.05, 0) is 41.4 Å². The molecule has 2 atom stereocenters. The molecule has 7 heteroatoms. The molecule has 2 fully saturated rings. The van der Waals surface area contributed by atoms with Crippen molar-refractivity contribution in [2.24, 2.45) is 11.3 Å². The number of nitrogens with zero attached hydrogens (tertiary/aromatic N) is 2. The van der Waals surface area contributed by atoms with Gasteiger partial charge in [0.2, 0.25) is 11.8 Å². The van der Waals surface area contributed by atoms with Gasteiger partial charge < -0.3 is 14.9 Å². The summed E-state index contributed by atoms with van der Waals surface area (Å²) in [5.41, 5.74) is -0.130. The molecule has 0 spiro atoms. The maximum absolute atomic E-state index is 12.7. The molecule has 128 valence electrons. The van der Waals surface area contributed by atoms with Crippen molar-refractivity contribution < 1.29 is 19.5 Å². The van der Waals surface area contributed by atoms with Crippen LogP contribution in [0.4, 0.5) is 5.69 Å². The maximum Gasteiger partial charge on any atom is 0.311 e. The fourth-order valence-electron chi connectivity index (χ4n) is 3.36. The van der Waals surface area contributed by atoms with Gasteiger partial charge in [-0.25, -0.2) is 0 Å². The molecule has 0 aromatic heterocycles. The number of hydrogen-bond donors (Lipinski definition) is 1. The fourth-order valence-corrected chi connectivity index (χ4v) is 3.86. The lowest BCUT2D eigenvalue weighted by Crippen LogP contribution is -2.39. The zero-order chi connectivity index (χ0) is 17.5. The van der Waals surface area contributed by atoms with Gasteiger partial charge in [-0.3, -0.25) is 14.4 Å². The SMILES string of the molecule is CC1(C(=O)O)CCN(C(=O)C2CC(=O)N(c3ccccc3Br)C2)C1. The number of carbonyl (C=O) groups excluding carboxylic acids is 2.